The number of fused-ring (bicyclic) bond motifs is 1. The van der Waals surface area contributed by atoms with E-state index in [1.54, 1.807) is 24.3 Å². The van der Waals surface area contributed by atoms with E-state index in [9.17, 15) is 14.4 Å². The Hall–Kier alpha value is -3.29. The molecule has 2 aromatic carbocycles. The lowest BCUT2D eigenvalue weighted by molar-refractivity contribution is -0.120. The maximum Gasteiger partial charge on any atom is 0.620 e. The molecule has 31 heavy (non-hydrogen) atoms. The van der Waals surface area contributed by atoms with Gasteiger partial charge in [0.15, 0.2) is 0 Å². The maximum absolute atomic E-state index is 12.6. The third kappa shape index (κ3) is 5.66. The number of rotatable bonds is 7. The summed E-state index contributed by atoms with van der Waals surface area (Å²) in [5.74, 6) is -1.09. The molecule has 0 fully saturated rings. The van der Waals surface area contributed by atoms with Gasteiger partial charge in [0.05, 0.1) is 18.0 Å². The molecule has 0 aromatic heterocycles. The zero-order valence-electron chi connectivity index (χ0n) is 18.2. The highest BCUT2D eigenvalue weighted by atomic mass is 16.6. The molecule has 0 saturated carbocycles. The van der Waals surface area contributed by atoms with Gasteiger partial charge in [-0.15, -0.1) is 0 Å². The molecule has 8 heteroatoms. The molecule has 1 aliphatic rings. The second-order valence-electron chi connectivity index (χ2n) is 8.19. The summed E-state index contributed by atoms with van der Waals surface area (Å²) in [5, 5.41) is 5.48. The van der Waals surface area contributed by atoms with Gasteiger partial charge in [-0.1, -0.05) is 38.1 Å². The van der Waals surface area contributed by atoms with Crippen molar-refractivity contribution in [2.45, 2.75) is 40.1 Å². The van der Waals surface area contributed by atoms with Crippen LogP contribution in [0, 0.1) is 19.8 Å². The van der Waals surface area contributed by atoms with E-state index in [2.05, 4.69) is 10.6 Å². The summed E-state index contributed by atoms with van der Waals surface area (Å²) < 4.78 is 11.4. The lowest BCUT2D eigenvalue weighted by Gasteiger charge is -2.29. The first kappa shape index (κ1) is 22.4. The summed E-state index contributed by atoms with van der Waals surface area (Å²) >= 11 is 0. The Morgan fingerprint density at radius 3 is 2.52 bits per heavy atom. The molecule has 1 heterocycles. The minimum absolute atomic E-state index is 0.196. The van der Waals surface area contributed by atoms with Gasteiger partial charge < -0.3 is 19.9 Å². The monoisotopic (exact) mass is 422 g/mol. The van der Waals surface area contributed by atoms with Gasteiger partial charge in [0.2, 0.25) is 5.91 Å². The SMILES string of the molecule is Cc1ccc2c(c1)OB([C@H](CC(C)C)NC(=O)CNC(=O)c1ccccc1C)OC2=O. The van der Waals surface area contributed by atoms with Crippen LogP contribution in [-0.4, -0.2) is 37.4 Å². The number of hydrogen-bond acceptors (Lipinski definition) is 5. The number of carbonyl (C=O) groups excluding carboxylic acids is 3. The molecule has 0 spiro atoms. The Morgan fingerprint density at radius 1 is 1.06 bits per heavy atom. The first-order valence-electron chi connectivity index (χ1n) is 10.4. The Labute approximate surface area is 182 Å². The Morgan fingerprint density at radius 2 is 1.81 bits per heavy atom. The van der Waals surface area contributed by atoms with Crippen molar-refractivity contribution >= 4 is 24.9 Å². The van der Waals surface area contributed by atoms with E-state index in [1.165, 1.54) is 0 Å². The van der Waals surface area contributed by atoms with Gasteiger partial charge in [-0.2, -0.15) is 0 Å². The minimum Gasteiger partial charge on any atom is -0.524 e. The molecule has 0 saturated heterocycles. The second kappa shape index (κ2) is 9.68. The second-order valence-corrected chi connectivity index (χ2v) is 8.19. The highest BCUT2D eigenvalue weighted by Gasteiger charge is 2.42. The van der Waals surface area contributed by atoms with Gasteiger partial charge in [-0.25, -0.2) is 4.79 Å². The molecule has 0 bridgehead atoms. The predicted octanol–water partition coefficient (Wildman–Crippen LogP) is 2.84. The van der Waals surface area contributed by atoms with Crippen molar-refractivity contribution in [3.8, 4) is 5.75 Å². The van der Waals surface area contributed by atoms with Crippen LogP contribution >= 0.6 is 0 Å². The molecule has 2 aromatic rings. The van der Waals surface area contributed by atoms with Gasteiger partial charge in [-0.05, 0) is 55.5 Å². The van der Waals surface area contributed by atoms with Crippen molar-refractivity contribution in [3.05, 3.63) is 64.7 Å². The predicted molar refractivity (Wildman–Crippen MR) is 118 cm³/mol. The summed E-state index contributed by atoms with van der Waals surface area (Å²) in [4.78, 5) is 37.3. The first-order chi connectivity index (χ1) is 14.7. The zero-order chi connectivity index (χ0) is 22.5. The van der Waals surface area contributed by atoms with E-state index in [1.807, 2.05) is 45.9 Å². The summed E-state index contributed by atoms with van der Waals surface area (Å²) in [6.45, 7) is 7.55. The maximum atomic E-state index is 12.6. The number of hydrogen-bond donors (Lipinski definition) is 2. The zero-order valence-corrected chi connectivity index (χ0v) is 18.2. The average Bonchev–Trinajstić information content (AvgIpc) is 2.71. The Balaban J connectivity index is 1.66. The quantitative estimate of drug-likeness (QED) is 0.670. The van der Waals surface area contributed by atoms with Crippen LogP contribution in [0.4, 0.5) is 0 Å². The summed E-state index contributed by atoms with van der Waals surface area (Å²) in [6.07, 6.45) is 0.538. The average molecular weight is 422 g/mol. The molecular formula is C23H27BN2O5. The Bertz CT molecular complexity index is 992. The van der Waals surface area contributed by atoms with Gasteiger partial charge in [-0.3, -0.25) is 9.59 Å². The van der Waals surface area contributed by atoms with E-state index >= 15 is 0 Å². The van der Waals surface area contributed by atoms with Gasteiger partial charge >= 0.3 is 13.1 Å². The molecule has 0 aliphatic carbocycles. The number of aryl methyl sites for hydroxylation is 2. The number of carbonyl (C=O) groups is 3. The van der Waals surface area contributed by atoms with Crippen molar-refractivity contribution < 1.29 is 23.7 Å². The highest BCUT2D eigenvalue weighted by Crippen LogP contribution is 2.27. The minimum atomic E-state index is -0.944. The van der Waals surface area contributed by atoms with Crippen LogP contribution < -0.4 is 15.3 Å². The van der Waals surface area contributed by atoms with Crippen LogP contribution in [0.15, 0.2) is 42.5 Å². The van der Waals surface area contributed by atoms with Crippen LogP contribution in [-0.2, 0) is 9.45 Å². The topological polar surface area (TPSA) is 93.7 Å². The summed E-state index contributed by atoms with van der Waals surface area (Å²) in [7, 11) is -0.944. The van der Waals surface area contributed by atoms with Crippen LogP contribution in [0.1, 0.15) is 52.1 Å². The van der Waals surface area contributed by atoms with Crippen molar-refractivity contribution in [1.29, 1.82) is 0 Å². The van der Waals surface area contributed by atoms with E-state index in [-0.39, 0.29) is 24.3 Å². The van der Waals surface area contributed by atoms with Crippen LogP contribution in [0.5, 0.6) is 5.75 Å². The third-order valence-electron chi connectivity index (χ3n) is 5.02. The lowest BCUT2D eigenvalue weighted by Crippen LogP contribution is -2.55. The normalized spacial score (nSPS) is 13.7. The lowest BCUT2D eigenvalue weighted by atomic mass is 9.72. The summed E-state index contributed by atoms with van der Waals surface area (Å²) in [5.41, 5.74) is 2.66. The number of benzene rings is 2. The summed E-state index contributed by atoms with van der Waals surface area (Å²) in [6, 6.07) is 12.4. The van der Waals surface area contributed by atoms with Crippen molar-refractivity contribution in [2.75, 3.05) is 6.54 Å². The van der Waals surface area contributed by atoms with E-state index in [0.717, 1.165) is 11.1 Å². The molecule has 1 aliphatic heterocycles. The fourth-order valence-corrected chi connectivity index (χ4v) is 3.47. The van der Waals surface area contributed by atoms with E-state index in [4.69, 9.17) is 9.31 Å². The molecule has 162 valence electrons. The van der Waals surface area contributed by atoms with Crippen molar-refractivity contribution in [2.24, 2.45) is 5.92 Å². The Kier molecular flexibility index (Phi) is 7.00. The first-order valence-corrected chi connectivity index (χ1v) is 10.4. The fraction of sp³-hybridized carbons (Fsp3) is 0.348. The van der Waals surface area contributed by atoms with E-state index < -0.39 is 19.0 Å². The molecule has 2 N–H and O–H groups in total. The van der Waals surface area contributed by atoms with Crippen LogP contribution in [0.3, 0.4) is 0 Å². The van der Waals surface area contributed by atoms with Crippen molar-refractivity contribution in [1.82, 2.24) is 10.6 Å². The smallest absolute Gasteiger partial charge is 0.524 e. The standard InChI is InChI=1S/C23H27BN2O5/c1-14(2)11-20(24-30-19-12-15(3)9-10-18(19)23(29)31-24)26-21(27)13-25-22(28)17-8-6-5-7-16(17)4/h5-10,12,14,20H,11,13H2,1-4H3,(H,25,28)(H,26,27)/t20-/m0/s1. The van der Waals surface area contributed by atoms with Crippen molar-refractivity contribution in [3.63, 3.8) is 0 Å². The number of nitrogens with one attached hydrogen (secondary N) is 2. The van der Waals surface area contributed by atoms with Crippen LogP contribution in [0.2, 0.25) is 0 Å². The van der Waals surface area contributed by atoms with Crippen LogP contribution in [0.25, 0.3) is 0 Å². The third-order valence-corrected chi connectivity index (χ3v) is 5.02. The fourth-order valence-electron chi connectivity index (χ4n) is 3.47. The molecule has 1 atom stereocenters. The highest BCUT2D eigenvalue weighted by molar-refractivity contribution is 6.51. The molecule has 0 unspecified atom stereocenters. The molecular weight excluding hydrogens is 395 g/mol. The molecule has 7 nitrogen and oxygen atoms in total. The van der Waals surface area contributed by atoms with Gasteiger partial charge in [0.25, 0.3) is 5.91 Å². The molecule has 3 rings (SSSR count). The van der Waals surface area contributed by atoms with Gasteiger partial charge in [0, 0.05) is 5.56 Å². The number of amides is 2. The van der Waals surface area contributed by atoms with E-state index in [0.29, 0.717) is 23.3 Å². The van der Waals surface area contributed by atoms with Gasteiger partial charge in [0.1, 0.15) is 5.75 Å². The molecule has 0 radical (unpaired) electrons. The molecule has 2 amide bonds. The largest absolute Gasteiger partial charge is 0.620 e.